The van der Waals surface area contributed by atoms with Crippen LogP contribution in [0.4, 0.5) is 5.95 Å². The van der Waals surface area contributed by atoms with Crippen LogP contribution in [-0.4, -0.2) is 33.1 Å². The Labute approximate surface area is 172 Å². The zero-order valence-corrected chi connectivity index (χ0v) is 16.3. The summed E-state index contributed by atoms with van der Waals surface area (Å²) in [7, 11) is 1.64. The minimum absolute atomic E-state index is 0.0105. The minimum Gasteiger partial charge on any atom is -0.497 e. The fourth-order valence-corrected chi connectivity index (χ4v) is 3.70. The molecule has 0 amide bonds. The van der Waals surface area contributed by atoms with Gasteiger partial charge >= 0.3 is 0 Å². The van der Waals surface area contributed by atoms with Crippen molar-refractivity contribution in [3.63, 3.8) is 0 Å². The first-order valence-corrected chi connectivity index (χ1v) is 9.53. The Morgan fingerprint density at radius 1 is 1.17 bits per heavy atom. The minimum atomic E-state index is -0.157. The van der Waals surface area contributed by atoms with Crippen molar-refractivity contribution in [3.05, 3.63) is 76.5 Å². The van der Waals surface area contributed by atoms with Gasteiger partial charge in [0.05, 0.1) is 25.1 Å². The Kier molecular flexibility index (Phi) is 4.31. The maximum absolute atomic E-state index is 12.8. The van der Waals surface area contributed by atoms with Crippen molar-refractivity contribution in [2.75, 3.05) is 19.5 Å². The van der Waals surface area contributed by atoms with Gasteiger partial charge in [-0.15, -0.1) is 0 Å². The molecule has 30 heavy (non-hydrogen) atoms. The number of ether oxygens (including phenoxy) is 2. The summed E-state index contributed by atoms with van der Waals surface area (Å²) < 4.78 is 12.7. The molecule has 4 heterocycles. The van der Waals surface area contributed by atoms with Gasteiger partial charge in [-0.05, 0) is 48.4 Å². The molecule has 8 heteroatoms. The van der Waals surface area contributed by atoms with E-state index in [1.54, 1.807) is 37.7 Å². The van der Waals surface area contributed by atoms with Crippen LogP contribution in [0, 0.1) is 0 Å². The van der Waals surface area contributed by atoms with Crippen LogP contribution < -0.4 is 20.8 Å². The van der Waals surface area contributed by atoms with Crippen molar-refractivity contribution in [2.45, 2.75) is 12.3 Å². The average molecular weight is 401 g/mol. The lowest BCUT2D eigenvalue weighted by atomic mass is 9.93. The lowest BCUT2D eigenvalue weighted by Crippen LogP contribution is -2.23. The molecule has 1 aromatic carbocycles. The number of pyridine rings is 1. The summed E-state index contributed by atoms with van der Waals surface area (Å²) in [6, 6.07) is 12.7. The molecular weight excluding hydrogens is 382 g/mol. The number of rotatable bonds is 3. The highest BCUT2D eigenvalue weighted by Crippen LogP contribution is 2.34. The summed E-state index contributed by atoms with van der Waals surface area (Å²) in [4.78, 5) is 25.7. The van der Waals surface area contributed by atoms with Crippen molar-refractivity contribution >= 4 is 11.6 Å². The van der Waals surface area contributed by atoms with E-state index >= 15 is 0 Å². The molecule has 0 saturated carbocycles. The molecule has 0 spiro atoms. The second kappa shape index (κ2) is 7.14. The molecule has 3 aromatic heterocycles. The first-order chi connectivity index (χ1) is 14.6. The second-order valence-corrected chi connectivity index (χ2v) is 7.15. The van der Waals surface area contributed by atoms with Crippen molar-refractivity contribution in [3.8, 4) is 22.8 Å². The molecule has 4 aromatic rings. The summed E-state index contributed by atoms with van der Waals surface area (Å²) in [6.07, 6.45) is 4.03. The number of fused-ring (bicyclic) bond motifs is 2. The van der Waals surface area contributed by atoms with E-state index in [0.717, 1.165) is 29.0 Å². The third-order valence-corrected chi connectivity index (χ3v) is 5.24. The van der Waals surface area contributed by atoms with Crippen LogP contribution in [0.2, 0.25) is 0 Å². The third-order valence-electron chi connectivity index (χ3n) is 5.24. The topological polar surface area (TPSA) is 105 Å². The van der Waals surface area contributed by atoms with Crippen LogP contribution in [0.3, 0.4) is 0 Å². The Hall–Kier alpha value is -3.94. The largest absolute Gasteiger partial charge is 0.497 e. The monoisotopic (exact) mass is 401 g/mol. The van der Waals surface area contributed by atoms with Crippen molar-refractivity contribution in [1.82, 2.24) is 19.4 Å². The molecule has 8 nitrogen and oxygen atoms in total. The maximum Gasteiger partial charge on any atom is 0.258 e. The number of nitrogens with zero attached hydrogens (tertiary/aromatic N) is 4. The standard InChI is InChI=1S/C22H19N5O3/c1-29-16-3-4-19-14(9-16)8-15(12-30-19)18-10-21(28)27-11-13(2-5-20(27)25-18)17-6-7-24-22(23)26-17/h2-7,9-11,15H,8,12H2,1H3,(H2,23,24,26). The van der Waals surface area contributed by atoms with Crippen LogP contribution >= 0.6 is 0 Å². The normalized spacial score (nSPS) is 15.4. The van der Waals surface area contributed by atoms with Gasteiger partial charge in [0, 0.05) is 29.9 Å². The van der Waals surface area contributed by atoms with Crippen LogP contribution in [0.5, 0.6) is 11.5 Å². The highest BCUT2D eigenvalue weighted by molar-refractivity contribution is 5.61. The predicted octanol–water partition coefficient (Wildman–Crippen LogP) is 2.46. The van der Waals surface area contributed by atoms with E-state index in [0.29, 0.717) is 23.6 Å². The van der Waals surface area contributed by atoms with E-state index in [9.17, 15) is 4.79 Å². The molecular formula is C22H19N5O3. The zero-order chi connectivity index (χ0) is 20.7. The van der Waals surface area contributed by atoms with Gasteiger partial charge in [-0.1, -0.05) is 0 Å². The first-order valence-electron chi connectivity index (χ1n) is 9.53. The highest BCUT2D eigenvalue weighted by Gasteiger charge is 2.24. The Morgan fingerprint density at radius 3 is 2.90 bits per heavy atom. The summed E-state index contributed by atoms with van der Waals surface area (Å²) >= 11 is 0. The van der Waals surface area contributed by atoms with E-state index < -0.39 is 0 Å². The number of nitrogen functional groups attached to an aromatic ring is 1. The van der Waals surface area contributed by atoms with E-state index in [2.05, 4.69) is 9.97 Å². The Morgan fingerprint density at radius 2 is 2.07 bits per heavy atom. The lowest BCUT2D eigenvalue weighted by Gasteiger charge is -2.25. The molecule has 1 aliphatic rings. The van der Waals surface area contributed by atoms with E-state index in [4.69, 9.17) is 20.2 Å². The first kappa shape index (κ1) is 18.1. The molecule has 1 aliphatic heterocycles. The van der Waals surface area contributed by atoms with E-state index in [1.807, 2.05) is 24.3 Å². The van der Waals surface area contributed by atoms with Crippen LogP contribution in [-0.2, 0) is 6.42 Å². The second-order valence-electron chi connectivity index (χ2n) is 7.15. The predicted molar refractivity (Wildman–Crippen MR) is 112 cm³/mol. The summed E-state index contributed by atoms with van der Waals surface area (Å²) in [5.41, 5.74) is 9.25. The fourth-order valence-electron chi connectivity index (χ4n) is 3.70. The number of hydrogen-bond donors (Lipinski definition) is 1. The molecule has 0 aliphatic carbocycles. The van der Waals surface area contributed by atoms with E-state index in [1.165, 1.54) is 4.40 Å². The molecule has 150 valence electrons. The maximum atomic E-state index is 12.8. The molecule has 0 bridgehead atoms. The number of nitrogens with two attached hydrogens (primary N) is 1. The lowest BCUT2D eigenvalue weighted by molar-refractivity contribution is 0.259. The van der Waals surface area contributed by atoms with Gasteiger partial charge in [0.2, 0.25) is 5.95 Å². The van der Waals surface area contributed by atoms with Crippen LogP contribution in [0.15, 0.2) is 59.7 Å². The summed E-state index contributed by atoms with van der Waals surface area (Å²) in [5.74, 6) is 1.80. The average Bonchev–Trinajstić information content (AvgIpc) is 2.78. The van der Waals surface area contributed by atoms with Gasteiger partial charge in [0.15, 0.2) is 0 Å². The van der Waals surface area contributed by atoms with Gasteiger partial charge in [-0.3, -0.25) is 9.20 Å². The van der Waals surface area contributed by atoms with Gasteiger partial charge < -0.3 is 15.2 Å². The molecule has 1 unspecified atom stereocenters. The number of hydrogen-bond acceptors (Lipinski definition) is 7. The van der Waals surface area contributed by atoms with Crippen molar-refractivity contribution < 1.29 is 9.47 Å². The van der Waals surface area contributed by atoms with Gasteiger partial charge in [0.1, 0.15) is 17.1 Å². The Balaban J connectivity index is 1.50. The third kappa shape index (κ3) is 3.22. The van der Waals surface area contributed by atoms with Crippen molar-refractivity contribution in [2.24, 2.45) is 0 Å². The SMILES string of the molecule is COc1ccc2c(c1)CC(c1cc(=O)n3cc(-c4ccnc(N)n4)ccc3n1)CO2. The van der Waals surface area contributed by atoms with Gasteiger partial charge in [-0.2, -0.15) is 0 Å². The number of methoxy groups -OCH3 is 1. The van der Waals surface area contributed by atoms with Crippen LogP contribution in [0.25, 0.3) is 16.9 Å². The van der Waals surface area contributed by atoms with Crippen molar-refractivity contribution in [1.29, 1.82) is 0 Å². The number of aromatic nitrogens is 4. The highest BCUT2D eigenvalue weighted by atomic mass is 16.5. The zero-order valence-electron chi connectivity index (χ0n) is 16.3. The smallest absolute Gasteiger partial charge is 0.258 e. The molecule has 0 radical (unpaired) electrons. The molecule has 1 atom stereocenters. The molecule has 0 saturated heterocycles. The molecule has 2 N–H and O–H groups in total. The molecule has 5 rings (SSSR count). The van der Waals surface area contributed by atoms with Crippen LogP contribution in [0.1, 0.15) is 17.2 Å². The van der Waals surface area contributed by atoms with E-state index in [-0.39, 0.29) is 17.4 Å². The number of benzene rings is 1. The quantitative estimate of drug-likeness (QED) is 0.562. The van der Waals surface area contributed by atoms with Gasteiger partial charge in [0.25, 0.3) is 5.56 Å². The fraction of sp³-hybridized carbons (Fsp3) is 0.182. The molecule has 0 fully saturated rings. The summed E-state index contributed by atoms with van der Waals surface area (Å²) in [6.45, 7) is 0.472. The Bertz CT molecular complexity index is 1320. The summed E-state index contributed by atoms with van der Waals surface area (Å²) in [5, 5.41) is 0. The van der Waals surface area contributed by atoms with Gasteiger partial charge in [-0.25, -0.2) is 15.0 Å². The number of anilines is 1.